The summed E-state index contributed by atoms with van der Waals surface area (Å²) in [6.07, 6.45) is 6.05. The molecule has 4 nitrogen and oxygen atoms in total. The van der Waals surface area contributed by atoms with Crippen LogP contribution < -0.4 is 5.32 Å². The summed E-state index contributed by atoms with van der Waals surface area (Å²) in [6.45, 7) is 4.92. The van der Waals surface area contributed by atoms with Crippen molar-refractivity contribution in [2.75, 3.05) is 19.6 Å². The predicted molar refractivity (Wildman–Crippen MR) is 71.2 cm³/mol. The number of rotatable bonds is 5. The smallest absolute Gasteiger partial charge is 0.227 e. The molecule has 1 aromatic rings. The number of nitrogens with one attached hydrogen (secondary N) is 1. The molecule has 1 fully saturated rings. The van der Waals surface area contributed by atoms with Crippen LogP contribution in [0.4, 0.5) is 0 Å². The van der Waals surface area contributed by atoms with Crippen LogP contribution in [-0.4, -0.2) is 41.5 Å². The third-order valence-corrected chi connectivity index (χ3v) is 3.34. The molecule has 2 heterocycles. The molecular formula is C14H21N3O. The fourth-order valence-corrected chi connectivity index (χ4v) is 2.44. The molecule has 18 heavy (non-hydrogen) atoms. The first kappa shape index (κ1) is 13.0. The lowest BCUT2D eigenvalue weighted by Gasteiger charge is -2.28. The molecule has 4 heteroatoms. The molecule has 2 rings (SSSR count). The van der Waals surface area contributed by atoms with E-state index in [2.05, 4.69) is 17.2 Å². The van der Waals surface area contributed by atoms with Crippen LogP contribution in [0.5, 0.6) is 0 Å². The van der Waals surface area contributed by atoms with Gasteiger partial charge in [-0.3, -0.25) is 9.78 Å². The lowest BCUT2D eigenvalue weighted by Crippen LogP contribution is -2.42. The average molecular weight is 247 g/mol. The highest BCUT2D eigenvalue weighted by molar-refractivity contribution is 5.79. The van der Waals surface area contributed by atoms with E-state index in [1.54, 1.807) is 12.4 Å². The standard InChI is InChI=1S/C14H21N3O/c1-2-8-17(13-5-7-16-11-13)14(18)9-12-4-3-6-15-10-12/h3-4,6,10,13,16H,2,5,7-9,11H2,1H3. The van der Waals surface area contributed by atoms with Gasteiger partial charge in [-0.25, -0.2) is 0 Å². The van der Waals surface area contributed by atoms with E-state index >= 15 is 0 Å². The second-order valence-corrected chi connectivity index (χ2v) is 4.77. The van der Waals surface area contributed by atoms with Gasteiger partial charge in [-0.1, -0.05) is 13.0 Å². The van der Waals surface area contributed by atoms with Crippen molar-refractivity contribution in [3.8, 4) is 0 Å². The maximum atomic E-state index is 12.4. The first-order chi connectivity index (χ1) is 8.81. The first-order valence-corrected chi connectivity index (χ1v) is 6.70. The summed E-state index contributed by atoms with van der Waals surface area (Å²) in [5.74, 6) is 0.221. The molecule has 98 valence electrons. The van der Waals surface area contributed by atoms with Crippen LogP contribution in [0.15, 0.2) is 24.5 Å². The number of hydrogen-bond acceptors (Lipinski definition) is 3. The van der Waals surface area contributed by atoms with Crippen LogP contribution in [0.1, 0.15) is 25.3 Å². The zero-order valence-corrected chi connectivity index (χ0v) is 10.9. The highest BCUT2D eigenvalue weighted by atomic mass is 16.2. The van der Waals surface area contributed by atoms with Gasteiger partial charge in [-0.05, 0) is 31.0 Å². The van der Waals surface area contributed by atoms with Crippen molar-refractivity contribution in [3.05, 3.63) is 30.1 Å². The normalized spacial score (nSPS) is 18.8. The Labute approximate surface area is 108 Å². The number of aromatic nitrogens is 1. The van der Waals surface area contributed by atoms with Gasteiger partial charge >= 0.3 is 0 Å². The number of amides is 1. The molecule has 1 aromatic heterocycles. The minimum absolute atomic E-state index is 0.221. The summed E-state index contributed by atoms with van der Waals surface area (Å²) in [4.78, 5) is 18.5. The third-order valence-electron chi connectivity index (χ3n) is 3.34. The Morgan fingerprint density at radius 3 is 3.11 bits per heavy atom. The van der Waals surface area contributed by atoms with Crippen molar-refractivity contribution in [3.63, 3.8) is 0 Å². The van der Waals surface area contributed by atoms with E-state index in [1.165, 1.54) is 0 Å². The fourth-order valence-electron chi connectivity index (χ4n) is 2.44. The highest BCUT2D eigenvalue weighted by Gasteiger charge is 2.25. The second-order valence-electron chi connectivity index (χ2n) is 4.77. The Morgan fingerprint density at radius 2 is 2.50 bits per heavy atom. The molecule has 0 radical (unpaired) electrons. The van der Waals surface area contributed by atoms with Crippen LogP contribution in [0.2, 0.25) is 0 Å². The highest BCUT2D eigenvalue weighted by Crippen LogP contribution is 2.12. The van der Waals surface area contributed by atoms with Gasteiger partial charge in [0, 0.05) is 31.5 Å². The van der Waals surface area contributed by atoms with Crippen LogP contribution in [-0.2, 0) is 11.2 Å². The zero-order valence-electron chi connectivity index (χ0n) is 10.9. The van der Waals surface area contributed by atoms with E-state index in [-0.39, 0.29) is 5.91 Å². The third kappa shape index (κ3) is 3.29. The average Bonchev–Trinajstić information content (AvgIpc) is 2.90. The number of carbonyl (C=O) groups is 1. The van der Waals surface area contributed by atoms with Crippen molar-refractivity contribution in [2.24, 2.45) is 0 Å². The minimum atomic E-state index is 0.221. The maximum absolute atomic E-state index is 12.4. The molecule has 0 spiro atoms. The predicted octanol–water partition coefficient (Wildman–Crippen LogP) is 1.22. The van der Waals surface area contributed by atoms with Gasteiger partial charge in [0.15, 0.2) is 0 Å². The number of carbonyl (C=O) groups excluding carboxylic acids is 1. The van der Waals surface area contributed by atoms with E-state index in [0.29, 0.717) is 12.5 Å². The quantitative estimate of drug-likeness (QED) is 0.851. The molecule has 1 atom stereocenters. The van der Waals surface area contributed by atoms with Crippen molar-refractivity contribution in [1.29, 1.82) is 0 Å². The SMILES string of the molecule is CCCN(C(=O)Cc1cccnc1)C1CCNC1. The van der Waals surface area contributed by atoms with E-state index in [4.69, 9.17) is 0 Å². The second kappa shape index (κ2) is 6.50. The van der Waals surface area contributed by atoms with Crippen LogP contribution in [0.3, 0.4) is 0 Å². The molecule has 0 bridgehead atoms. The molecule has 1 unspecified atom stereocenters. The molecule has 0 saturated carbocycles. The monoisotopic (exact) mass is 247 g/mol. The summed E-state index contributed by atoms with van der Waals surface area (Å²) in [7, 11) is 0. The van der Waals surface area contributed by atoms with Gasteiger partial charge in [0.2, 0.25) is 5.91 Å². The molecular weight excluding hydrogens is 226 g/mol. The Kier molecular flexibility index (Phi) is 4.70. The molecule has 0 aliphatic carbocycles. The first-order valence-electron chi connectivity index (χ1n) is 6.70. The molecule has 1 saturated heterocycles. The van der Waals surface area contributed by atoms with Gasteiger partial charge in [0.1, 0.15) is 0 Å². The lowest BCUT2D eigenvalue weighted by molar-refractivity contribution is -0.132. The van der Waals surface area contributed by atoms with Crippen molar-refractivity contribution < 1.29 is 4.79 Å². The van der Waals surface area contributed by atoms with Crippen LogP contribution in [0, 0.1) is 0 Å². The van der Waals surface area contributed by atoms with Crippen LogP contribution >= 0.6 is 0 Å². The van der Waals surface area contributed by atoms with Gasteiger partial charge in [0.05, 0.1) is 6.42 Å². The Morgan fingerprint density at radius 1 is 1.61 bits per heavy atom. The number of pyridine rings is 1. The molecule has 1 aliphatic heterocycles. The Bertz CT molecular complexity index is 374. The van der Waals surface area contributed by atoms with Crippen molar-refractivity contribution >= 4 is 5.91 Å². The molecule has 0 aromatic carbocycles. The molecule has 1 N–H and O–H groups in total. The summed E-state index contributed by atoms with van der Waals surface area (Å²) >= 11 is 0. The summed E-state index contributed by atoms with van der Waals surface area (Å²) < 4.78 is 0. The van der Waals surface area contributed by atoms with E-state index < -0.39 is 0 Å². The van der Waals surface area contributed by atoms with Gasteiger partial charge in [0.25, 0.3) is 0 Å². The van der Waals surface area contributed by atoms with Crippen LogP contribution in [0.25, 0.3) is 0 Å². The summed E-state index contributed by atoms with van der Waals surface area (Å²) in [5.41, 5.74) is 0.995. The minimum Gasteiger partial charge on any atom is -0.338 e. The molecule has 1 aliphatic rings. The van der Waals surface area contributed by atoms with E-state index in [9.17, 15) is 4.79 Å². The lowest BCUT2D eigenvalue weighted by atomic mass is 10.1. The maximum Gasteiger partial charge on any atom is 0.227 e. The van der Waals surface area contributed by atoms with Gasteiger partial charge in [-0.2, -0.15) is 0 Å². The number of hydrogen-bond donors (Lipinski definition) is 1. The largest absolute Gasteiger partial charge is 0.338 e. The Balaban J connectivity index is 1.99. The topological polar surface area (TPSA) is 45.2 Å². The Hall–Kier alpha value is -1.42. The van der Waals surface area contributed by atoms with E-state index in [1.807, 2.05) is 17.0 Å². The molecule has 1 amide bonds. The fraction of sp³-hybridized carbons (Fsp3) is 0.571. The zero-order chi connectivity index (χ0) is 12.8. The summed E-state index contributed by atoms with van der Waals surface area (Å²) in [5, 5.41) is 3.32. The van der Waals surface area contributed by atoms with E-state index in [0.717, 1.165) is 38.0 Å². The van der Waals surface area contributed by atoms with Gasteiger partial charge < -0.3 is 10.2 Å². The van der Waals surface area contributed by atoms with Crippen molar-refractivity contribution in [1.82, 2.24) is 15.2 Å². The van der Waals surface area contributed by atoms with Gasteiger partial charge in [-0.15, -0.1) is 0 Å². The summed E-state index contributed by atoms with van der Waals surface area (Å²) in [6, 6.07) is 4.21. The van der Waals surface area contributed by atoms with Crippen molar-refractivity contribution in [2.45, 2.75) is 32.2 Å². The number of nitrogens with zero attached hydrogens (tertiary/aromatic N) is 2.